The van der Waals surface area contributed by atoms with Crippen molar-refractivity contribution in [2.24, 2.45) is 5.73 Å². The highest BCUT2D eigenvalue weighted by Crippen LogP contribution is 2.24. The first-order valence-corrected chi connectivity index (χ1v) is 7.50. The van der Waals surface area contributed by atoms with Crippen LogP contribution in [0.3, 0.4) is 0 Å². The van der Waals surface area contributed by atoms with E-state index in [0.717, 1.165) is 32.2 Å². The van der Waals surface area contributed by atoms with E-state index in [4.69, 9.17) is 5.73 Å². The fourth-order valence-corrected chi connectivity index (χ4v) is 3.03. The number of carbonyl (C=O) groups is 2. The van der Waals surface area contributed by atoms with E-state index in [0.29, 0.717) is 6.04 Å². The third kappa shape index (κ3) is 4.29. The number of fused-ring (bicyclic) bond motifs is 1. The molecular weight excluding hydrogens is 266 g/mol. The number of nitrogens with two attached hydrogens (primary N) is 1. The van der Waals surface area contributed by atoms with Gasteiger partial charge in [0.25, 0.3) is 0 Å². The van der Waals surface area contributed by atoms with Gasteiger partial charge in [-0.15, -0.1) is 0 Å². The molecule has 1 aliphatic carbocycles. The fraction of sp³-hybridized carbons (Fsp3) is 0.500. The molecule has 3 N–H and O–H groups in total. The van der Waals surface area contributed by atoms with Crippen molar-refractivity contribution >= 4 is 11.9 Å². The summed E-state index contributed by atoms with van der Waals surface area (Å²) in [7, 11) is 0. The van der Waals surface area contributed by atoms with Gasteiger partial charge in [-0.1, -0.05) is 31.2 Å². The Morgan fingerprint density at radius 3 is 2.71 bits per heavy atom. The molecule has 0 saturated heterocycles. The highest BCUT2D eigenvalue weighted by atomic mass is 16.2. The molecule has 5 heteroatoms. The van der Waals surface area contributed by atoms with Gasteiger partial charge >= 0.3 is 6.03 Å². The molecule has 1 aromatic rings. The second kappa shape index (κ2) is 7.22. The van der Waals surface area contributed by atoms with Crippen molar-refractivity contribution in [2.75, 3.05) is 13.1 Å². The zero-order valence-corrected chi connectivity index (χ0v) is 12.5. The number of aryl methyl sites for hydroxylation is 1. The molecule has 0 spiro atoms. The first-order chi connectivity index (χ1) is 10.1. The van der Waals surface area contributed by atoms with Gasteiger partial charge in [-0.3, -0.25) is 15.0 Å². The Morgan fingerprint density at radius 2 is 2.05 bits per heavy atom. The number of nitrogens with one attached hydrogen (secondary N) is 1. The number of primary amides is 1. The van der Waals surface area contributed by atoms with E-state index < -0.39 is 6.03 Å². The molecule has 1 aromatic carbocycles. The normalized spacial score (nSPS) is 17.3. The largest absolute Gasteiger partial charge is 0.351 e. The molecule has 3 amide bonds. The van der Waals surface area contributed by atoms with Crippen molar-refractivity contribution < 1.29 is 9.59 Å². The highest BCUT2D eigenvalue weighted by molar-refractivity contribution is 5.94. The summed E-state index contributed by atoms with van der Waals surface area (Å²) in [5, 5.41) is 2.15. The Kier molecular flexibility index (Phi) is 5.33. The molecule has 0 heterocycles. The maximum Gasteiger partial charge on any atom is 0.318 e. The number of hydrogen-bond acceptors (Lipinski definition) is 3. The van der Waals surface area contributed by atoms with Crippen LogP contribution in [-0.2, 0) is 17.6 Å². The van der Waals surface area contributed by atoms with Crippen molar-refractivity contribution in [2.45, 2.75) is 38.6 Å². The summed E-state index contributed by atoms with van der Waals surface area (Å²) < 4.78 is 0. The molecule has 0 unspecified atom stereocenters. The van der Waals surface area contributed by atoms with Crippen LogP contribution < -0.4 is 11.1 Å². The number of carbonyl (C=O) groups excluding carboxylic acids is 2. The lowest BCUT2D eigenvalue weighted by Gasteiger charge is -2.34. The summed E-state index contributed by atoms with van der Waals surface area (Å²) in [6, 6.07) is 8.03. The predicted molar refractivity (Wildman–Crippen MR) is 81.8 cm³/mol. The average Bonchev–Trinajstić information content (AvgIpc) is 2.45. The number of hydrogen-bond donors (Lipinski definition) is 2. The number of amides is 3. The van der Waals surface area contributed by atoms with Gasteiger partial charge in [0.05, 0.1) is 6.54 Å². The molecule has 0 aliphatic heterocycles. The highest BCUT2D eigenvalue weighted by Gasteiger charge is 2.25. The molecule has 0 bridgehead atoms. The van der Waals surface area contributed by atoms with E-state index in [2.05, 4.69) is 41.4 Å². The van der Waals surface area contributed by atoms with Crippen LogP contribution in [0.1, 0.15) is 30.9 Å². The molecule has 5 nitrogen and oxygen atoms in total. The second-order valence-electron chi connectivity index (χ2n) is 5.55. The van der Waals surface area contributed by atoms with Crippen LogP contribution in [0, 0.1) is 0 Å². The van der Waals surface area contributed by atoms with E-state index in [9.17, 15) is 9.59 Å². The van der Waals surface area contributed by atoms with Crippen molar-refractivity contribution in [3.8, 4) is 0 Å². The Bertz CT molecular complexity index is 516. The molecule has 1 aliphatic rings. The molecule has 0 radical (unpaired) electrons. The minimum absolute atomic E-state index is 0.226. The van der Waals surface area contributed by atoms with Gasteiger partial charge in [0.15, 0.2) is 0 Å². The Morgan fingerprint density at radius 1 is 1.33 bits per heavy atom. The lowest BCUT2D eigenvalue weighted by molar-refractivity contribution is -0.121. The lowest BCUT2D eigenvalue weighted by Crippen LogP contribution is -2.47. The summed E-state index contributed by atoms with van der Waals surface area (Å²) in [5.74, 6) is -0.324. The SMILES string of the molecule is CCCN(CC(=O)NC(N)=O)[C@@H]1CCc2ccccc2C1. The van der Waals surface area contributed by atoms with Crippen molar-refractivity contribution in [1.29, 1.82) is 0 Å². The van der Waals surface area contributed by atoms with E-state index in [1.807, 2.05) is 0 Å². The van der Waals surface area contributed by atoms with Crippen molar-refractivity contribution in [3.63, 3.8) is 0 Å². The molecule has 2 rings (SSSR count). The fourth-order valence-electron chi connectivity index (χ4n) is 3.03. The monoisotopic (exact) mass is 289 g/mol. The van der Waals surface area contributed by atoms with E-state index >= 15 is 0 Å². The number of benzene rings is 1. The first kappa shape index (κ1) is 15.5. The molecule has 21 heavy (non-hydrogen) atoms. The topological polar surface area (TPSA) is 75.4 Å². The van der Waals surface area contributed by atoms with Crippen LogP contribution in [0.25, 0.3) is 0 Å². The van der Waals surface area contributed by atoms with Gasteiger partial charge in [0.2, 0.25) is 5.91 Å². The van der Waals surface area contributed by atoms with Gasteiger partial charge in [-0.05, 0) is 43.4 Å². The summed E-state index contributed by atoms with van der Waals surface area (Å²) in [6.45, 7) is 3.17. The predicted octanol–water partition coefficient (Wildman–Crippen LogP) is 1.45. The maximum atomic E-state index is 11.8. The quantitative estimate of drug-likeness (QED) is 0.861. The third-order valence-corrected chi connectivity index (χ3v) is 3.96. The summed E-state index contributed by atoms with van der Waals surface area (Å²) in [4.78, 5) is 24.7. The molecule has 0 fully saturated rings. The van der Waals surface area contributed by atoms with Crippen LogP contribution >= 0.6 is 0 Å². The standard InChI is InChI=1S/C16H23N3O2/c1-2-9-19(11-15(20)18-16(17)21)14-8-7-12-5-3-4-6-13(12)10-14/h3-6,14H,2,7-11H2,1H3,(H3,17,18,20,21)/t14-/m1/s1. The molecular formula is C16H23N3O2. The number of rotatable bonds is 5. The Balaban J connectivity index is 2.02. The van der Waals surface area contributed by atoms with Gasteiger partial charge in [0, 0.05) is 6.04 Å². The molecule has 1 atom stereocenters. The lowest BCUT2D eigenvalue weighted by atomic mass is 9.87. The summed E-state index contributed by atoms with van der Waals surface area (Å²) in [5.41, 5.74) is 7.77. The Labute approximate surface area is 125 Å². The molecule has 0 aromatic heterocycles. The van der Waals surface area contributed by atoms with Gasteiger partial charge in [-0.2, -0.15) is 0 Å². The summed E-state index contributed by atoms with van der Waals surface area (Å²) in [6.07, 6.45) is 4.02. The minimum Gasteiger partial charge on any atom is -0.351 e. The van der Waals surface area contributed by atoms with E-state index in [-0.39, 0.29) is 12.5 Å². The minimum atomic E-state index is -0.787. The third-order valence-electron chi connectivity index (χ3n) is 3.96. The van der Waals surface area contributed by atoms with Gasteiger partial charge < -0.3 is 5.73 Å². The summed E-state index contributed by atoms with van der Waals surface area (Å²) >= 11 is 0. The van der Waals surface area contributed by atoms with Crippen molar-refractivity contribution in [3.05, 3.63) is 35.4 Å². The second-order valence-corrected chi connectivity index (χ2v) is 5.55. The van der Waals surface area contributed by atoms with Crippen LogP contribution in [0.15, 0.2) is 24.3 Å². The number of imide groups is 1. The molecule has 0 saturated carbocycles. The first-order valence-electron chi connectivity index (χ1n) is 7.50. The zero-order chi connectivity index (χ0) is 15.2. The van der Waals surface area contributed by atoms with Crippen LogP contribution in [0.5, 0.6) is 0 Å². The smallest absolute Gasteiger partial charge is 0.318 e. The van der Waals surface area contributed by atoms with Crippen LogP contribution in [0.2, 0.25) is 0 Å². The van der Waals surface area contributed by atoms with Gasteiger partial charge in [-0.25, -0.2) is 4.79 Å². The van der Waals surface area contributed by atoms with E-state index in [1.54, 1.807) is 0 Å². The number of nitrogens with zero attached hydrogens (tertiary/aromatic N) is 1. The molecule has 114 valence electrons. The van der Waals surface area contributed by atoms with E-state index in [1.165, 1.54) is 11.1 Å². The zero-order valence-electron chi connectivity index (χ0n) is 12.5. The Hall–Kier alpha value is -1.88. The van der Waals surface area contributed by atoms with Crippen LogP contribution in [-0.4, -0.2) is 36.0 Å². The maximum absolute atomic E-state index is 11.8. The average molecular weight is 289 g/mol. The van der Waals surface area contributed by atoms with Crippen LogP contribution in [0.4, 0.5) is 4.79 Å². The van der Waals surface area contributed by atoms with Gasteiger partial charge in [0.1, 0.15) is 0 Å². The van der Waals surface area contributed by atoms with Crippen molar-refractivity contribution in [1.82, 2.24) is 10.2 Å². The number of urea groups is 1.